The van der Waals surface area contributed by atoms with Crippen LogP contribution in [0.25, 0.3) is 0 Å². The summed E-state index contributed by atoms with van der Waals surface area (Å²) >= 11 is 0. The van der Waals surface area contributed by atoms with Gasteiger partial charge in [-0.05, 0) is 12.1 Å². The minimum absolute atomic E-state index is 0.0641. The van der Waals surface area contributed by atoms with Crippen molar-refractivity contribution in [3.05, 3.63) is 34.4 Å². The second kappa shape index (κ2) is 5.52. The van der Waals surface area contributed by atoms with Crippen molar-refractivity contribution in [1.29, 1.82) is 0 Å². The molecule has 0 saturated carbocycles. The second-order valence-electron chi connectivity index (χ2n) is 2.37. The number of carbonyl (C=O) groups is 1. The molecule has 0 bridgehead atoms. The molecule has 6 heteroatoms. The van der Waals surface area contributed by atoms with Crippen LogP contribution in [0, 0.1) is 10.1 Å². The maximum absolute atomic E-state index is 10.1. The molecule has 6 nitrogen and oxygen atoms in total. The summed E-state index contributed by atoms with van der Waals surface area (Å²) in [6.45, 7) is 1.08. The molecule has 0 atom stereocenters. The first-order valence-electron chi connectivity index (χ1n) is 3.63. The third kappa shape index (κ3) is 5.53. The largest absolute Gasteiger partial charge is 0.481 e. The maximum Gasteiger partial charge on any atom is 0.300 e. The van der Waals surface area contributed by atoms with Gasteiger partial charge >= 0.3 is 0 Å². The Morgan fingerprint density at radius 2 is 1.79 bits per heavy atom. The lowest BCUT2D eigenvalue weighted by Gasteiger charge is -1.90. The number of nitrogen functional groups attached to an aromatic ring is 1. The van der Waals surface area contributed by atoms with Crippen LogP contribution in [-0.2, 0) is 4.79 Å². The van der Waals surface area contributed by atoms with Gasteiger partial charge in [-0.15, -0.1) is 0 Å². The highest BCUT2D eigenvalue weighted by molar-refractivity contribution is 5.62. The summed E-state index contributed by atoms with van der Waals surface area (Å²) in [6.07, 6.45) is 0. The standard InChI is InChI=1S/C6H6N2O2.C2H4O2/c7-5-1-3-6(4-2-5)8(9)10;1-2(3)4/h1-4H,7H2;1H3,(H,3,4). The van der Waals surface area contributed by atoms with Gasteiger partial charge in [-0.1, -0.05) is 0 Å². The first-order valence-corrected chi connectivity index (χ1v) is 3.63. The summed E-state index contributed by atoms with van der Waals surface area (Å²) in [5.41, 5.74) is 5.90. The molecular formula is C8H10N2O4. The first kappa shape index (κ1) is 11.9. The molecule has 1 rings (SSSR count). The molecule has 14 heavy (non-hydrogen) atoms. The summed E-state index contributed by atoms with van der Waals surface area (Å²) in [5.74, 6) is -0.833. The molecule has 1 aromatic carbocycles. The van der Waals surface area contributed by atoms with Crippen LogP contribution in [0.2, 0.25) is 0 Å². The Morgan fingerprint density at radius 3 is 2.07 bits per heavy atom. The molecule has 0 saturated heterocycles. The molecule has 0 aromatic heterocycles. The fourth-order valence-corrected chi connectivity index (χ4v) is 0.596. The highest BCUT2D eigenvalue weighted by atomic mass is 16.6. The third-order valence-corrected chi connectivity index (χ3v) is 1.10. The van der Waals surface area contributed by atoms with E-state index in [-0.39, 0.29) is 5.69 Å². The van der Waals surface area contributed by atoms with Crippen molar-refractivity contribution in [2.75, 3.05) is 5.73 Å². The van der Waals surface area contributed by atoms with Gasteiger partial charge in [0, 0.05) is 24.7 Å². The van der Waals surface area contributed by atoms with Gasteiger partial charge in [0.15, 0.2) is 0 Å². The molecule has 0 aliphatic heterocycles. The van der Waals surface area contributed by atoms with Crippen molar-refractivity contribution in [2.45, 2.75) is 6.92 Å². The topological polar surface area (TPSA) is 106 Å². The van der Waals surface area contributed by atoms with E-state index in [0.717, 1.165) is 6.92 Å². The van der Waals surface area contributed by atoms with E-state index in [2.05, 4.69) is 0 Å². The van der Waals surface area contributed by atoms with Crippen LogP contribution < -0.4 is 5.73 Å². The van der Waals surface area contributed by atoms with E-state index in [1.54, 1.807) is 0 Å². The number of aliphatic carboxylic acids is 1. The van der Waals surface area contributed by atoms with Gasteiger partial charge in [-0.25, -0.2) is 0 Å². The van der Waals surface area contributed by atoms with Crippen LogP contribution in [-0.4, -0.2) is 16.0 Å². The van der Waals surface area contributed by atoms with Gasteiger partial charge in [0.1, 0.15) is 0 Å². The zero-order chi connectivity index (χ0) is 11.1. The minimum atomic E-state index is -0.833. The van der Waals surface area contributed by atoms with E-state index in [1.165, 1.54) is 24.3 Å². The van der Waals surface area contributed by atoms with E-state index in [1.807, 2.05) is 0 Å². The molecule has 0 aliphatic rings. The summed E-state index contributed by atoms with van der Waals surface area (Å²) in [7, 11) is 0. The number of nitro groups is 1. The molecule has 0 fully saturated rings. The van der Waals surface area contributed by atoms with Crippen LogP contribution in [0.3, 0.4) is 0 Å². The number of rotatable bonds is 1. The summed E-state index contributed by atoms with van der Waals surface area (Å²) in [4.78, 5) is 18.6. The second-order valence-corrected chi connectivity index (χ2v) is 2.37. The number of nitrogens with zero attached hydrogens (tertiary/aromatic N) is 1. The lowest BCUT2D eigenvalue weighted by Crippen LogP contribution is -1.88. The van der Waals surface area contributed by atoms with E-state index in [9.17, 15) is 10.1 Å². The van der Waals surface area contributed by atoms with Crippen LogP contribution in [0.4, 0.5) is 11.4 Å². The summed E-state index contributed by atoms with van der Waals surface area (Å²) in [5, 5.41) is 17.5. The van der Waals surface area contributed by atoms with Gasteiger partial charge in [-0.3, -0.25) is 14.9 Å². The van der Waals surface area contributed by atoms with E-state index in [0.29, 0.717) is 5.69 Å². The van der Waals surface area contributed by atoms with Gasteiger partial charge in [-0.2, -0.15) is 0 Å². The molecule has 0 heterocycles. The number of hydrogen-bond donors (Lipinski definition) is 2. The fourth-order valence-electron chi connectivity index (χ4n) is 0.596. The molecule has 0 spiro atoms. The lowest BCUT2D eigenvalue weighted by atomic mass is 10.3. The van der Waals surface area contributed by atoms with Crippen LogP contribution >= 0.6 is 0 Å². The monoisotopic (exact) mass is 198 g/mol. The van der Waals surface area contributed by atoms with Crippen molar-refractivity contribution < 1.29 is 14.8 Å². The average molecular weight is 198 g/mol. The van der Waals surface area contributed by atoms with Crippen molar-refractivity contribution >= 4 is 17.3 Å². The van der Waals surface area contributed by atoms with Gasteiger partial charge in [0.2, 0.25) is 0 Å². The van der Waals surface area contributed by atoms with Gasteiger partial charge < -0.3 is 10.8 Å². The van der Waals surface area contributed by atoms with Gasteiger partial charge in [0.25, 0.3) is 11.7 Å². The molecule has 0 aliphatic carbocycles. The smallest absolute Gasteiger partial charge is 0.300 e. The average Bonchev–Trinajstić information content (AvgIpc) is 2.03. The van der Waals surface area contributed by atoms with E-state index in [4.69, 9.17) is 15.6 Å². The number of hydrogen-bond acceptors (Lipinski definition) is 4. The predicted octanol–water partition coefficient (Wildman–Crippen LogP) is 1.27. The van der Waals surface area contributed by atoms with Crippen molar-refractivity contribution in [2.24, 2.45) is 0 Å². The van der Waals surface area contributed by atoms with Gasteiger partial charge in [0.05, 0.1) is 4.92 Å². The van der Waals surface area contributed by atoms with E-state index < -0.39 is 10.9 Å². The van der Waals surface area contributed by atoms with Crippen molar-refractivity contribution in [3.8, 4) is 0 Å². The Balaban J connectivity index is 0.000000364. The number of nitrogens with two attached hydrogens (primary N) is 1. The number of carboxylic acids is 1. The number of carboxylic acid groups (broad SMARTS) is 1. The fraction of sp³-hybridized carbons (Fsp3) is 0.125. The van der Waals surface area contributed by atoms with E-state index >= 15 is 0 Å². The molecule has 0 radical (unpaired) electrons. The molecule has 0 amide bonds. The predicted molar refractivity (Wildman–Crippen MR) is 50.8 cm³/mol. The third-order valence-electron chi connectivity index (χ3n) is 1.10. The Morgan fingerprint density at radius 1 is 1.43 bits per heavy atom. The number of non-ortho nitro benzene ring substituents is 1. The SMILES string of the molecule is CC(=O)O.Nc1ccc([N+](=O)[O-])cc1. The Kier molecular flexibility index (Phi) is 4.69. The zero-order valence-corrected chi connectivity index (χ0v) is 7.51. The molecule has 3 N–H and O–H groups in total. The van der Waals surface area contributed by atoms with Crippen molar-refractivity contribution in [3.63, 3.8) is 0 Å². The zero-order valence-electron chi connectivity index (χ0n) is 7.51. The minimum Gasteiger partial charge on any atom is -0.481 e. The number of anilines is 1. The molecule has 1 aromatic rings. The molecule has 76 valence electrons. The number of nitro benzene ring substituents is 1. The number of benzene rings is 1. The highest BCUT2D eigenvalue weighted by Gasteiger charge is 2.00. The van der Waals surface area contributed by atoms with Crippen LogP contribution in [0.15, 0.2) is 24.3 Å². The maximum atomic E-state index is 10.1. The highest BCUT2D eigenvalue weighted by Crippen LogP contribution is 2.11. The normalized spacial score (nSPS) is 8.36. The molecule has 0 unspecified atom stereocenters. The summed E-state index contributed by atoms with van der Waals surface area (Å²) < 4.78 is 0. The Hall–Kier alpha value is -2.11. The van der Waals surface area contributed by atoms with Crippen LogP contribution in [0.5, 0.6) is 0 Å². The lowest BCUT2D eigenvalue weighted by molar-refractivity contribution is -0.384. The first-order chi connectivity index (χ1) is 6.43. The Labute approximate surface area is 80.1 Å². The van der Waals surface area contributed by atoms with Crippen LogP contribution in [0.1, 0.15) is 6.92 Å². The van der Waals surface area contributed by atoms with Crippen molar-refractivity contribution in [1.82, 2.24) is 0 Å². The Bertz CT molecular complexity index is 317. The quantitative estimate of drug-likeness (QED) is 0.401. The summed E-state index contributed by atoms with van der Waals surface area (Å²) in [6, 6.07) is 5.74. The molecular weight excluding hydrogens is 188 g/mol.